The van der Waals surface area contributed by atoms with Crippen molar-refractivity contribution in [2.45, 2.75) is 32.2 Å². The van der Waals surface area contributed by atoms with Crippen LogP contribution in [-0.4, -0.2) is 11.9 Å². The molecule has 0 spiro atoms. The van der Waals surface area contributed by atoms with Gasteiger partial charge in [-0.25, -0.2) is 0 Å². The van der Waals surface area contributed by atoms with E-state index in [1.165, 1.54) is 0 Å². The summed E-state index contributed by atoms with van der Waals surface area (Å²) in [6, 6.07) is 0.472. The third-order valence-electron chi connectivity index (χ3n) is 1.55. The van der Waals surface area contributed by atoms with Crippen LogP contribution in [0.4, 0.5) is 0 Å². The number of halogens is 1. The van der Waals surface area contributed by atoms with E-state index in [2.05, 4.69) is 27.9 Å². The van der Waals surface area contributed by atoms with Gasteiger partial charge in [0.25, 0.3) is 0 Å². The van der Waals surface area contributed by atoms with Crippen molar-refractivity contribution in [2.75, 3.05) is 0 Å². The summed E-state index contributed by atoms with van der Waals surface area (Å²) in [6.45, 7) is 2.04. The van der Waals surface area contributed by atoms with Crippen LogP contribution in [0.2, 0.25) is 0 Å². The summed E-state index contributed by atoms with van der Waals surface area (Å²) in [5.74, 6) is 0.0683. The Labute approximate surface area is 80.6 Å². The van der Waals surface area contributed by atoms with Crippen molar-refractivity contribution in [3.63, 3.8) is 0 Å². The number of allylic oxidation sites excluding steroid dienone is 1. The average Bonchev–Trinajstić information content (AvgIpc) is 2.71. The van der Waals surface area contributed by atoms with Gasteiger partial charge in [0.05, 0.1) is 0 Å². The van der Waals surface area contributed by atoms with Crippen LogP contribution in [0.15, 0.2) is 9.66 Å². The molecule has 0 atom stereocenters. The smallest absolute Gasteiger partial charge is 0.244 e. The highest BCUT2D eigenvalue weighted by atomic mass is 127. The normalized spacial score (nSPS) is 18.2. The molecule has 3 heteroatoms. The highest BCUT2D eigenvalue weighted by Crippen LogP contribution is 2.19. The summed E-state index contributed by atoms with van der Waals surface area (Å²) in [5, 5.41) is 2.90. The predicted octanol–water partition coefficient (Wildman–Crippen LogP) is 1.99. The van der Waals surface area contributed by atoms with Crippen molar-refractivity contribution < 1.29 is 4.79 Å². The van der Waals surface area contributed by atoms with Crippen molar-refractivity contribution in [1.82, 2.24) is 5.32 Å². The highest BCUT2D eigenvalue weighted by Gasteiger charge is 2.22. The first-order valence-corrected chi connectivity index (χ1v) is 4.97. The van der Waals surface area contributed by atoms with Crippen LogP contribution in [0.5, 0.6) is 0 Å². The minimum Gasteiger partial charge on any atom is -0.350 e. The standard InChI is InChI=1S/C8H12INO/c1-2-6(9)5-8(11)10-7-3-4-7/h5,7H,2-4H2,1H3,(H,10,11)/b6-5-. The first-order chi connectivity index (χ1) is 5.22. The molecule has 0 saturated heterocycles. The molecule has 1 saturated carbocycles. The minimum atomic E-state index is 0.0683. The number of carbonyl (C=O) groups excluding carboxylic acids is 1. The van der Waals surface area contributed by atoms with E-state index < -0.39 is 0 Å². The van der Waals surface area contributed by atoms with Crippen LogP contribution in [-0.2, 0) is 4.79 Å². The maximum atomic E-state index is 11.1. The summed E-state index contributed by atoms with van der Waals surface area (Å²) in [4.78, 5) is 11.1. The topological polar surface area (TPSA) is 29.1 Å². The van der Waals surface area contributed by atoms with Crippen molar-refractivity contribution in [3.8, 4) is 0 Å². The molecule has 0 aromatic heterocycles. The Morgan fingerprint density at radius 1 is 1.73 bits per heavy atom. The van der Waals surface area contributed by atoms with E-state index >= 15 is 0 Å². The zero-order valence-electron chi connectivity index (χ0n) is 6.56. The molecule has 1 N–H and O–H groups in total. The van der Waals surface area contributed by atoms with E-state index in [1.54, 1.807) is 6.08 Å². The Bertz CT molecular complexity index is 185. The van der Waals surface area contributed by atoms with Gasteiger partial charge in [-0.3, -0.25) is 4.79 Å². The SMILES string of the molecule is CC/C(I)=C/C(=O)NC1CC1. The van der Waals surface area contributed by atoms with Crippen LogP contribution in [0.25, 0.3) is 0 Å². The first-order valence-electron chi connectivity index (χ1n) is 3.89. The summed E-state index contributed by atoms with van der Waals surface area (Å²) in [7, 11) is 0. The third-order valence-corrected chi connectivity index (χ3v) is 2.62. The third kappa shape index (κ3) is 3.74. The molecule has 0 heterocycles. The van der Waals surface area contributed by atoms with Crippen molar-refractivity contribution in [3.05, 3.63) is 9.66 Å². The quantitative estimate of drug-likeness (QED) is 0.613. The van der Waals surface area contributed by atoms with Crippen LogP contribution >= 0.6 is 22.6 Å². The highest BCUT2D eigenvalue weighted by molar-refractivity contribution is 14.1. The molecule has 0 radical (unpaired) electrons. The summed E-state index contributed by atoms with van der Waals surface area (Å²) >= 11 is 2.19. The molecule has 1 aliphatic carbocycles. The molecule has 0 aromatic rings. The molecule has 62 valence electrons. The monoisotopic (exact) mass is 265 g/mol. The Morgan fingerprint density at radius 3 is 2.82 bits per heavy atom. The van der Waals surface area contributed by atoms with Crippen molar-refractivity contribution in [2.24, 2.45) is 0 Å². The lowest BCUT2D eigenvalue weighted by Gasteiger charge is -1.97. The van der Waals surface area contributed by atoms with Gasteiger partial charge in [0, 0.05) is 12.1 Å². The number of hydrogen-bond acceptors (Lipinski definition) is 1. The molecular weight excluding hydrogens is 253 g/mol. The fourth-order valence-electron chi connectivity index (χ4n) is 0.715. The summed E-state index contributed by atoms with van der Waals surface area (Å²) in [5.41, 5.74) is 0. The largest absolute Gasteiger partial charge is 0.350 e. The van der Waals surface area contributed by atoms with Crippen LogP contribution in [0, 0.1) is 0 Å². The molecule has 1 fully saturated rings. The Balaban J connectivity index is 2.28. The van der Waals surface area contributed by atoms with Gasteiger partial charge < -0.3 is 5.32 Å². The molecule has 0 aliphatic heterocycles. The lowest BCUT2D eigenvalue weighted by atomic mass is 10.4. The number of carbonyl (C=O) groups is 1. The second-order valence-electron chi connectivity index (χ2n) is 2.73. The van der Waals surface area contributed by atoms with E-state index in [4.69, 9.17) is 0 Å². The van der Waals surface area contributed by atoms with Gasteiger partial charge in [-0.05, 0) is 45.4 Å². The molecule has 0 unspecified atom stereocenters. The Kier molecular flexibility index (Phi) is 3.36. The van der Waals surface area contributed by atoms with Crippen molar-refractivity contribution >= 4 is 28.5 Å². The molecule has 0 aromatic carbocycles. The van der Waals surface area contributed by atoms with Gasteiger partial charge in [-0.1, -0.05) is 6.92 Å². The van der Waals surface area contributed by atoms with E-state index in [0.29, 0.717) is 6.04 Å². The number of nitrogens with one attached hydrogen (secondary N) is 1. The average molecular weight is 265 g/mol. The molecule has 0 bridgehead atoms. The van der Waals surface area contributed by atoms with E-state index in [1.807, 2.05) is 6.92 Å². The number of rotatable bonds is 3. The lowest BCUT2D eigenvalue weighted by Crippen LogP contribution is -2.23. The predicted molar refractivity (Wildman–Crippen MR) is 53.6 cm³/mol. The Morgan fingerprint density at radius 2 is 2.36 bits per heavy atom. The van der Waals surface area contributed by atoms with Crippen LogP contribution in [0.1, 0.15) is 26.2 Å². The molecule has 1 rings (SSSR count). The zero-order valence-corrected chi connectivity index (χ0v) is 8.72. The molecule has 1 amide bonds. The fraction of sp³-hybridized carbons (Fsp3) is 0.625. The van der Waals surface area contributed by atoms with E-state index in [0.717, 1.165) is 22.8 Å². The lowest BCUT2D eigenvalue weighted by molar-refractivity contribution is -0.116. The maximum Gasteiger partial charge on any atom is 0.244 e. The molecule has 11 heavy (non-hydrogen) atoms. The summed E-state index contributed by atoms with van der Waals surface area (Å²) in [6.07, 6.45) is 4.93. The van der Waals surface area contributed by atoms with Gasteiger partial charge in [-0.2, -0.15) is 0 Å². The summed E-state index contributed by atoms with van der Waals surface area (Å²) < 4.78 is 1.11. The van der Waals surface area contributed by atoms with Crippen LogP contribution < -0.4 is 5.32 Å². The number of hydrogen-bond donors (Lipinski definition) is 1. The van der Waals surface area contributed by atoms with E-state index in [-0.39, 0.29) is 5.91 Å². The minimum absolute atomic E-state index is 0.0683. The second kappa shape index (κ2) is 4.09. The van der Waals surface area contributed by atoms with Gasteiger partial charge in [-0.15, -0.1) is 0 Å². The molecule has 2 nitrogen and oxygen atoms in total. The maximum absolute atomic E-state index is 11.1. The van der Waals surface area contributed by atoms with Crippen molar-refractivity contribution in [1.29, 1.82) is 0 Å². The zero-order chi connectivity index (χ0) is 8.27. The van der Waals surface area contributed by atoms with Gasteiger partial charge in [0.15, 0.2) is 0 Å². The van der Waals surface area contributed by atoms with Crippen LogP contribution in [0.3, 0.4) is 0 Å². The first kappa shape index (κ1) is 9.03. The second-order valence-corrected chi connectivity index (χ2v) is 4.11. The molecular formula is C8H12INO. The van der Waals surface area contributed by atoms with Gasteiger partial charge in [0.2, 0.25) is 5.91 Å². The van der Waals surface area contributed by atoms with Gasteiger partial charge >= 0.3 is 0 Å². The Hall–Kier alpha value is -0.0600. The number of amides is 1. The fourth-order valence-corrected chi connectivity index (χ4v) is 0.998. The van der Waals surface area contributed by atoms with Gasteiger partial charge in [0.1, 0.15) is 0 Å². The molecule has 1 aliphatic rings. The van der Waals surface area contributed by atoms with E-state index in [9.17, 15) is 4.79 Å².